The molecule has 2 rings (SSSR count). The molecule has 1 heterocycles. The molecule has 12 heavy (non-hydrogen) atoms. The van der Waals surface area contributed by atoms with Crippen molar-refractivity contribution in [1.82, 2.24) is 4.98 Å². The van der Waals surface area contributed by atoms with Gasteiger partial charge in [-0.15, -0.1) is 0 Å². The molecule has 1 aromatic heterocycles. The standard InChI is InChI=1S/C9H11NO2/c11-8-3-9(5-10-4-8)12-6-7-1-2-7/h3-5,7,11H,1-2,6H2. The van der Waals surface area contributed by atoms with Crippen LogP contribution in [-0.2, 0) is 0 Å². The van der Waals surface area contributed by atoms with Crippen molar-refractivity contribution < 1.29 is 9.84 Å². The predicted molar refractivity (Wildman–Crippen MR) is 44.1 cm³/mol. The normalized spacial score (nSPS) is 16.0. The van der Waals surface area contributed by atoms with Crippen molar-refractivity contribution in [3.8, 4) is 11.5 Å². The Morgan fingerprint density at radius 2 is 2.33 bits per heavy atom. The lowest BCUT2D eigenvalue weighted by molar-refractivity contribution is 0.297. The van der Waals surface area contributed by atoms with E-state index in [9.17, 15) is 0 Å². The first-order chi connectivity index (χ1) is 5.84. The van der Waals surface area contributed by atoms with Crippen molar-refractivity contribution in [3.63, 3.8) is 0 Å². The number of pyridine rings is 1. The van der Waals surface area contributed by atoms with Gasteiger partial charge in [0.2, 0.25) is 0 Å². The van der Waals surface area contributed by atoms with E-state index < -0.39 is 0 Å². The Morgan fingerprint density at radius 3 is 3.00 bits per heavy atom. The minimum absolute atomic E-state index is 0.156. The van der Waals surface area contributed by atoms with Gasteiger partial charge in [-0.05, 0) is 18.8 Å². The molecule has 3 nitrogen and oxygen atoms in total. The molecule has 3 heteroatoms. The monoisotopic (exact) mass is 165 g/mol. The van der Waals surface area contributed by atoms with Gasteiger partial charge in [0.25, 0.3) is 0 Å². The number of aromatic nitrogens is 1. The SMILES string of the molecule is Oc1cncc(OCC2CC2)c1. The zero-order valence-corrected chi connectivity index (χ0v) is 6.73. The molecule has 1 saturated carbocycles. The fourth-order valence-electron chi connectivity index (χ4n) is 0.985. The van der Waals surface area contributed by atoms with Crippen LogP contribution in [0.25, 0.3) is 0 Å². The molecule has 0 unspecified atom stereocenters. The van der Waals surface area contributed by atoms with E-state index in [1.54, 1.807) is 12.3 Å². The molecular weight excluding hydrogens is 154 g/mol. The van der Waals surface area contributed by atoms with Crippen LogP contribution < -0.4 is 4.74 Å². The van der Waals surface area contributed by atoms with Crippen LogP contribution in [0.3, 0.4) is 0 Å². The highest BCUT2D eigenvalue weighted by Gasteiger charge is 2.21. The number of ether oxygens (including phenoxy) is 1. The summed E-state index contributed by atoms with van der Waals surface area (Å²) in [5, 5.41) is 9.05. The third kappa shape index (κ3) is 1.87. The predicted octanol–water partition coefficient (Wildman–Crippen LogP) is 1.58. The largest absolute Gasteiger partial charge is 0.506 e. The highest BCUT2D eigenvalue weighted by molar-refractivity contribution is 5.26. The first kappa shape index (κ1) is 7.40. The Balaban J connectivity index is 1.92. The number of aromatic hydroxyl groups is 1. The van der Waals surface area contributed by atoms with Crippen LogP contribution in [0.5, 0.6) is 11.5 Å². The Labute approximate surface area is 71.0 Å². The van der Waals surface area contributed by atoms with Crippen molar-refractivity contribution in [1.29, 1.82) is 0 Å². The lowest BCUT2D eigenvalue weighted by atomic mass is 10.4. The van der Waals surface area contributed by atoms with Crippen molar-refractivity contribution in [3.05, 3.63) is 18.5 Å². The summed E-state index contributed by atoms with van der Waals surface area (Å²) < 4.78 is 5.39. The van der Waals surface area contributed by atoms with Crippen molar-refractivity contribution in [2.75, 3.05) is 6.61 Å². The molecule has 0 bridgehead atoms. The zero-order valence-electron chi connectivity index (χ0n) is 6.73. The van der Waals surface area contributed by atoms with Gasteiger partial charge in [-0.25, -0.2) is 0 Å². The van der Waals surface area contributed by atoms with Gasteiger partial charge in [0.05, 0.1) is 19.0 Å². The minimum atomic E-state index is 0.156. The van der Waals surface area contributed by atoms with E-state index >= 15 is 0 Å². The number of nitrogens with zero attached hydrogens (tertiary/aromatic N) is 1. The molecule has 0 amide bonds. The van der Waals surface area contributed by atoms with Gasteiger partial charge in [0.1, 0.15) is 11.5 Å². The van der Waals surface area contributed by atoms with Gasteiger partial charge in [-0.2, -0.15) is 0 Å². The second kappa shape index (κ2) is 3.01. The van der Waals surface area contributed by atoms with Crippen molar-refractivity contribution >= 4 is 0 Å². The Kier molecular flexibility index (Phi) is 1.86. The average molecular weight is 165 g/mol. The van der Waals surface area contributed by atoms with E-state index in [0.29, 0.717) is 5.75 Å². The van der Waals surface area contributed by atoms with Crippen molar-refractivity contribution in [2.24, 2.45) is 5.92 Å². The molecule has 0 aromatic carbocycles. The number of hydrogen-bond acceptors (Lipinski definition) is 3. The van der Waals surface area contributed by atoms with E-state index in [1.165, 1.54) is 19.0 Å². The molecule has 1 N–H and O–H groups in total. The summed E-state index contributed by atoms with van der Waals surface area (Å²) in [4.78, 5) is 3.81. The van der Waals surface area contributed by atoms with E-state index in [-0.39, 0.29) is 5.75 Å². The molecule has 0 atom stereocenters. The van der Waals surface area contributed by atoms with Crippen LogP contribution in [0.4, 0.5) is 0 Å². The maximum atomic E-state index is 9.05. The summed E-state index contributed by atoms with van der Waals surface area (Å²) in [6.07, 6.45) is 5.55. The molecule has 0 aliphatic heterocycles. The zero-order chi connectivity index (χ0) is 8.39. The number of hydrogen-bond donors (Lipinski definition) is 1. The third-order valence-corrected chi connectivity index (χ3v) is 1.88. The van der Waals surface area contributed by atoms with Gasteiger partial charge in [0.15, 0.2) is 0 Å². The van der Waals surface area contributed by atoms with Gasteiger partial charge >= 0.3 is 0 Å². The van der Waals surface area contributed by atoms with Crippen LogP contribution in [-0.4, -0.2) is 16.7 Å². The van der Waals surface area contributed by atoms with Crippen LogP contribution in [0, 0.1) is 5.92 Å². The molecule has 1 aromatic rings. The quantitative estimate of drug-likeness (QED) is 0.739. The van der Waals surface area contributed by atoms with Crippen LogP contribution >= 0.6 is 0 Å². The summed E-state index contributed by atoms with van der Waals surface area (Å²) in [7, 11) is 0. The summed E-state index contributed by atoms with van der Waals surface area (Å²) in [5.41, 5.74) is 0. The highest BCUT2D eigenvalue weighted by Crippen LogP contribution is 2.29. The maximum Gasteiger partial charge on any atom is 0.141 e. The lowest BCUT2D eigenvalue weighted by Gasteiger charge is -2.03. The molecule has 0 spiro atoms. The fraction of sp³-hybridized carbons (Fsp3) is 0.444. The summed E-state index contributed by atoms with van der Waals surface area (Å²) in [5.74, 6) is 1.54. The fourth-order valence-corrected chi connectivity index (χ4v) is 0.985. The third-order valence-electron chi connectivity index (χ3n) is 1.88. The van der Waals surface area contributed by atoms with Gasteiger partial charge in [0, 0.05) is 6.07 Å². The molecule has 1 aliphatic rings. The van der Waals surface area contributed by atoms with E-state index in [4.69, 9.17) is 9.84 Å². The Morgan fingerprint density at radius 1 is 1.50 bits per heavy atom. The Hall–Kier alpha value is -1.25. The smallest absolute Gasteiger partial charge is 0.141 e. The molecular formula is C9H11NO2. The Bertz CT molecular complexity index is 271. The van der Waals surface area contributed by atoms with Crippen LogP contribution in [0.1, 0.15) is 12.8 Å². The summed E-state index contributed by atoms with van der Waals surface area (Å²) in [6.45, 7) is 0.755. The van der Waals surface area contributed by atoms with Gasteiger partial charge < -0.3 is 9.84 Å². The molecule has 1 fully saturated rings. The van der Waals surface area contributed by atoms with Crippen molar-refractivity contribution in [2.45, 2.75) is 12.8 Å². The van der Waals surface area contributed by atoms with E-state index in [0.717, 1.165) is 12.5 Å². The summed E-state index contributed by atoms with van der Waals surface area (Å²) in [6, 6.07) is 1.58. The van der Waals surface area contributed by atoms with Crippen LogP contribution in [0.2, 0.25) is 0 Å². The molecule has 1 aliphatic carbocycles. The van der Waals surface area contributed by atoms with E-state index in [1.807, 2.05) is 0 Å². The first-order valence-corrected chi connectivity index (χ1v) is 4.11. The highest BCUT2D eigenvalue weighted by atomic mass is 16.5. The van der Waals surface area contributed by atoms with E-state index in [2.05, 4.69) is 4.98 Å². The molecule has 64 valence electrons. The molecule has 0 saturated heterocycles. The average Bonchev–Trinajstić information content (AvgIpc) is 2.84. The maximum absolute atomic E-state index is 9.05. The van der Waals surface area contributed by atoms with Gasteiger partial charge in [-0.3, -0.25) is 4.98 Å². The topological polar surface area (TPSA) is 42.4 Å². The lowest BCUT2D eigenvalue weighted by Crippen LogP contribution is -1.98. The number of rotatable bonds is 3. The van der Waals surface area contributed by atoms with Crippen LogP contribution in [0.15, 0.2) is 18.5 Å². The van der Waals surface area contributed by atoms with Gasteiger partial charge in [-0.1, -0.05) is 0 Å². The second-order valence-electron chi connectivity index (χ2n) is 3.13. The minimum Gasteiger partial charge on any atom is -0.506 e. The summed E-state index contributed by atoms with van der Waals surface area (Å²) >= 11 is 0. The molecule has 0 radical (unpaired) electrons. The first-order valence-electron chi connectivity index (χ1n) is 4.11. The second-order valence-corrected chi connectivity index (χ2v) is 3.13.